The van der Waals surface area contributed by atoms with Gasteiger partial charge < -0.3 is 13.8 Å². The number of pyridine rings is 1. The van der Waals surface area contributed by atoms with Gasteiger partial charge in [-0.15, -0.1) is 0 Å². The molecule has 0 radical (unpaired) electrons. The zero-order chi connectivity index (χ0) is 23.7. The molecule has 1 aromatic carbocycles. The molecule has 0 N–H and O–H groups in total. The molecule has 0 unspecified atom stereocenters. The molecule has 1 amide bonds. The molecular formula is C23H21F3N6O2. The molecule has 1 saturated heterocycles. The number of carbonyl (C=O) groups excluding carboxylic acids is 1. The molecule has 0 saturated carbocycles. The van der Waals surface area contributed by atoms with E-state index in [1.54, 1.807) is 0 Å². The topological polar surface area (TPSA) is 79.8 Å². The number of hydrogen-bond donors (Lipinski definition) is 0. The van der Waals surface area contributed by atoms with Crippen molar-refractivity contribution in [3.05, 3.63) is 72.0 Å². The molecule has 5 rings (SSSR count). The lowest BCUT2D eigenvalue weighted by Crippen LogP contribution is -2.48. The van der Waals surface area contributed by atoms with Crippen LogP contribution in [0.25, 0.3) is 17.0 Å². The second-order valence-corrected chi connectivity index (χ2v) is 8.12. The van der Waals surface area contributed by atoms with Gasteiger partial charge in [0.1, 0.15) is 5.65 Å². The molecule has 1 aliphatic heterocycles. The van der Waals surface area contributed by atoms with Crippen molar-refractivity contribution >= 4 is 11.6 Å². The lowest BCUT2D eigenvalue weighted by atomic mass is 10.1. The predicted molar refractivity (Wildman–Crippen MR) is 115 cm³/mol. The lowest BCUT2D eigenvalue weighted by Gasteiger charge is -2.33. The molecular weight excluding hydrogens is 449 g/mol. The summed E-state index contributed by atoms with van der Waals surface area (Å²) in [6, 6.07) is 10.5. The van der Waals surface area contributed by atoms with E-state index in [0.29, 0.717) is 38.6 Å². The number of fused-ring (bicyclic) bond motifs is 1. The molecule has 4 heterocycles. The quantitative estimate of drug-likeness (QED) is 0.446. The van der Waals surface area contributed by atoms with E-state index in [9.17, 15) is 18.0 Å². The first kappa shape index (κ1) is 22.1. The van der Waals surface area contributed by atoms with Crippen LogP contribution in [0.1, 0.15) is 17.1 Å². The van der Waals surface area contributed by atoms with Crippen molar-refractivity contribution in [3.8, 4) is 11.4 Å². The molecule has 1 fully saturated rings. The number of rotatable bonds is 5. The number of carbonyl (C=O) groups is 1. The van der Waals surface area contributed by atoms with E-state index in [2.05, 4.69) is 20.0 Å². The standard InChI is InChI=1S/C23H21F3N6O2/c24-23(25,26)17-5-3-4-16(12-17)22-28-20(34-29-22)15-30-8-10-31(11-9-30)21(33)13-18-14-32-7-2-1-6-19(32)27-18/h1-7,12,14H,8-11,13,15H2. The van der Waals surface area contributed by atoms with Crippen molar-refractivity contribution in [2.45, 2.75) is 19.1 Å². The Labute approximate surface area is 192 Å². The van der Waals surface area contributed by atoms with Crippen LogP contribution in [0, 0.1) is 0 Å². The maximum absolute atomic E-state index is 13.0. The first-order valence-corrected chi connectivity index (χ1v) is 10.8. The van der Waals surface area contributed by atoms with Gasteiger partial charge >= 0.3 is 6.18 Å². The van der Waals surface area contributed by atoms with Crippen LogP contribution >= 0.6 is 0 Å². The fraction of sp³-hybridized carbons (Fsp3) is 0.304. The summed E-state index contributed by atoms with van der Waals surface area (Å²) in [5, 5.41) is 3.83. The molecule has 0 bridgehead atoms. The minimum Gasteiger partial charge on any atom is -0.340 e. The summed E-state index contributed by atoms with van der Waals surface area (Å²) in [6.45, 7) is 2.72. The number of nitrogens with zero attached hydrogens (tertiary/aromatic N) is 6. The number of piperazine rings is 1. The van der Waals surface area contributed by atoms with Crippen molar-refractivity contribution < 1.29 is 22.5 Å². The van der Waals surface area contributed by atoms with Crippen LogP contribution in [0.2, 0.25) is 0 Å². The first-order chi connectivity index (χ1) is 16.3. The highest BCUT2D eigenvalue weighted by Gasteiger charge is 2.31. The summed E-state index contributed by atoms with van der Waals surface area (Å²) >= 11 is 0. The average molecular weight is 470 g/mol. The monoisotopic (exact) mass is 470 g/mol. The zero-order valence-electron chi connectivity index (χ0n) is 18.1. The van der Waals surface area contributed by atoms with Gasteiger partial charge in [-0.05, 0) is 24.3 Å². The Bertz CT molecular complexity index is 1270. The van der Waals surface area contributed by atoms with E-state index in [1.165, 1.54) is 12.1 Å². The van der Waals surface area contributed by atoms with Gasteiger partial charge in [0.2, 0.25) is 17.6 Å². The van der Waals surface area contributed by atoms with E-state index in [1.807, 2.05) is 39.9 Å². The predicted octanol–water partition coefficient (Wildman–Crippen LogP) is 3.29. The molecule has 0 atom stereocenters. The Morgan fingerprint density at radius 2 is 1.85 bits per heavy atom. The number of aromatic nitrogens is 4. The molecule has 4 aromatic rings. The van der Waals surface area contributed by atoms with E-state index in [4.69, 9.17) is 4.52 Å². The van der Waals surface area contributed by atoms with E-state index < -0.39 is 11.7 Å². The van der Waals surface area contributed by atoms with Crippen LogP contribution in [0.5, 0.6) is 0 Å². The maximum atomic E-state index is 13.0. The Hall–Kier alpha value is -3.73. The van der Waals surface area contributed by atoms with Crippen molar-refractivity contribution in [2.24, 2.45) is 0 Å². The smallest absolute Gasteiger partial charge is 0.340 e. The molecule has 0 spiro atoms. The Morgan fingerprint density at radius 3 is 2.62 bits per heavy atom. The van der Waals surface area contributed by atoms with Crippen LogP contribution in [0.15, 0.2) is 59.4 Å². The minimum absolute atomic E-state index is 0.0210. The average Bonchev–Trinajstić information content (AvgIpc) is 3.45. The lowest BCUT2D eigenvalue weighted by molar-refractivity contribution is -0.137. The number of hydrogen-bond acceptors (Lipinski definition) is 6. The van der Waals surface area contributed by atoms with Crippen molar-refractivity contribution in [3.63, 3.8) is 0 Å². The maximum Gasteiger partial charge on any atom is 0.416 e. The van der Waals surface area contributed by atoms with Crippen LogP contribution in [0.3, 0.4) is 0 Å². The Morgan fingerprint density at radius 1 is 1.03 bits per heavy atom. The van der Waals surface area contributed by atoms with Gasteiger partial charge in [-0.1, -0.05) is 23.4 Å². The summed E-state index contributed by atoms with van der Waals surface area (Å²) in [6.07, 6.45) is -0.442. The van der Waals surface area contributed by atoms with Crippen molar-refractivity contribution in [1.29, 1.82) is 0 Å². The highest BCUT2D eigenvalue weighted by Crippen LogP contribution is 2.31. The third-order valence-corrected chi connectivity index (χ3v) is 5.75. The number of imidazole rings is 1. The van der Waals surface area contributed by atoms with E-state index >= 15 is 0 Å². The molecule has 8 nitrogen and oxygen atoms in total. The number of halogens is 3. The van der Waals surface area contributed by atoms with Crippen molar-refractivity contribution in [2.75, 3.05) is 26.2 Å². The van der Waals surface area contributed by atoms with E-state index in [-0.39, 0.29) is 23.7 Å². The fourth-order valence-electron chi connectivity index (χ4n) is 3.96. The molecule has 11 heteroatoms. The Kier molecular flexibility index (Phi) is 5.78. The summed E-state index contributed by atoms with van der Waals surface area (Å²) < 4.78 is 46.0. The summed E-state index contributed by atoms with van der Waals surface area (Å²) in [5.41, 5.74) is 1.01. The van der Waals surface area contributed by atoms with Gasteiger partial charge in [0, 0.05) is 44.1 Å². The van der Waals surface area contributed by atoms with Crippen LogP contribution in [0.4, 0.5) is 13.2 Å². The van der Waals surface area contributed by atoms with E-state index in [0.717, 1.165) is 23.5 Å². The van der Waals surface area contributed by atoms with Gasteiger partial charge in [-0.3, -0.25) is 9.69 Å². The number of benzene rings is 1. The van der Waals surface area contributed by atoms with Gasteiger partial charge in [0.05, 0.1) is 24.2 Å². The second-order valence-electron chi connectivity index (χ2n) is 8.12. The summed E-state index contributed by atoms with van der Waals surface area (Å²) in [5.74, 6) is 0.451. The van der Waals surface area contributed by atoms with Gasteiger partial charge in [-0.25, -0.2) is 4.98 Å². The third kappa shape index (κ3) is 4.79. The largest absolute Gasteiger partial charge is 0.416 e. The SMILES string of the molecule is O=C(Cc1cn2ccccc2n1)N1CCN(Cc2nc(-c3cccc(C(F)(F)F)c3)no2)CC1. The minimum atomic E-state index is -4.44. The summed E-state index contributed by atoms with van der Waals surface area (Å²) in [7, 11) is 0. The first-order valence-electron chi connectivity index (χ1n) is 10.8. The second kappa shape index (κ2) is 8.90. The van der Waals surface area contributed by atoms with Crippen molar-refractivity contribution in [1.82, 2.24) is 29.3 Å². The van der Waals surface area contributed by atoms with Crippen LogP contribution in [-0.4, -0.2) is 61.4 Å². The Balaban J connectivity index is 1.15. The normalized spacial score (nSPS) is 15.2. The highest BCUT2D eigenvalue weighted by atomic mass is 19.4. The fourth-order valence-corrected chi connectivity index (χ4v) is 3.96. The van der Waals surface area contributed by atoms with Crippen LogP contribution in [-0.2, 0) is 23.9 Å². The van der Waals surface area contributed by atoms with Gasteiger partial charge in [-0.2, -0.15) is 18.2 Å². The molecule has 176 valence electrons. The van der Waals surface area contributed by atoms with Crippen LogP contribution < -0.4 is 0 Å². The molecule has 0 aliphatic carbocycles. The molecule has 3 aromatic heterocycles. The molecule has 1 aliphatic rings. The third-order valence-electron chi connectivity index (χ3n) is 5.75. The summed E-state index contributed by atoms with van der Waals surface area (Å²) in [4.78, 5) is 25.3. The number of amides is 1. The van der Waals surface area contributed by atoms with Gasteiger partial charge in [0.15, 0.2) is 0 Å². The van der Waals surface area contributed by atoms with Gasteiger partial charge in [0.25, 0.3) is 0 Å². The highest BCUT2D eigenvalue weighted by molar-refractivity contribution is 5.78. The molecule has 34 heavy (non-hydrogen) atoms. The zero-order valence-corrected chi connectivity index (χ0v) is 18.1. The number of alkyl halides is 3.